The Labute approximate surface area is 123 Å². The van der Waals surface area contributed by atoms with E-state index < -0.39 is 5.97 Å². The maximum Gasteiger partial charge on any atom is 0.416 e. The van der Waals surface area contributed by atoms with Crippen molar-refractivity contribution in [2.75, 3.05) is 7.11 Å². The second-order valence-electron chi connectivity index (χ2n) is 4.65. The Balaban J connectivity index is 2.25. The predicted octanol–water partition coefficient (Wildman–Crippen LogP) is 2.66. The number of hydrogen-bond donors (Lipinski definition) is 0. The predicted molar refractivity (Wildman–Crippen MR) is 80.0 cm³/mol. The molecule has 0 radical (unpaired) electrons. The summed E-state index contributed by atoms with van der Waals surface area (Å²) in [6, 6.07) is 17.9. The van der Waals surface area contributed by atoms with Gasteiger partial charge in [-0.1, -0.05) is 54.6 Å². The first-order chi connectivity index (χ1) is 10.2. The molecule has 21 heavy (non-hydrogen) atoms. The van der Waals surface area contributed by atoms with Gasteiger partial charge in [-0.2, -0.15) is 4.79 Å². The third-order valence-electron chi connectivity index (χ3n) is 3.26. The summed E-state index contributed by atoms with van der Waals surface area (Å²) in [5, 5.41) is 0. The van der Waals surface area contributed by atoms with Crippen molar-refractivity contribution in [2.45, 2.75) is 12.8 Å². The number of benzene rings is 2. The van der Waals surface area contributed by atoms with Gasteiger partial charge in [0.15, 0.2) is 0 Å². The zero-order chi connectivity index (χ0) is 15.1. The molecule has 0 aromatic heterocycles. The highest BCUT2D eigenvalue weighted by molar-refractivity contribution is 6.34. The van der Waals surface area contributed by atoms with Crippen LogP contribution in [0, 0.1) is 0 Å². The van der Waals surface area contributed by atoms with Crippen LogP contribution in [0.3, 0.4) is 0 Å². The van der Waals surface area contributed by atoms with E-state index in [2.05, 4.69) is 21.7 Å². The average molecular weight is 280 g/mol. The SMILES string of the molecule is COC(=O)C(Cc1ccccc1Cc1ccccc1)=[N+]=[N-]. The van der Waals surface area contributed by atoms with Crippen LogP contribution in [0.2, 0.25) is 0 Å². The molecule has 2 aromatic carbocycles. The minimum atomic E-state index is -0.619. The Kier molecular flexibility index (Phi) is 5.02. The maximum atomic E-state index is 11.5. The molecule has 0 saturated heterocycles. The Morgan fingerprint density at radius 1 is 1.05 bits per heavy atom. The molecule has 4 heteroatoms. The molecule has 2 rings (SSSR count). The first kappa shape index (κ1) is 14.7. The number of rotatable bonds is 5. The lowest BCUT2D eigenvalue weighted by Gasteiger charge is -2.07. The van der Waals surface area contributed by atoms with Crippen molar-refractivity contribution in [3.05, 3.63) is 76.8 Å². The first-order valence-electron chi connectivity index (χ1n) is 6.64. The number of methoxy groups -OCH3 is 1. The van der Waals surface area contributed by atoms with Crippen molar-refractivity contribution in [3.63, 3.8) is 0 Å². The molecule has 0 aliphatic carbocycles. The fourth-order valence-corrected chi connectivity index (χ4v) is 2.16. The number of hydrogen-bond acceptors (Lipinski definition) is 2. The molecule has 0 unspecified atom stereocenters. The monoisotopic (exact) mass is 280 g/mol. The molecular weight excluding hydrogens is 264 g/mol. The van der Waals surface area contributed by atoms with Crippen molar-refractivity contribution in [1.82, 2.24) is 0 Å². The van der Waals surface area contributed by atoms with Crippen LogP contribution in [0.15, 0.2) is 54.6 Å². The van der Waals surface area contributed by atoms with E-state index in [0.29, 0.717) is 0 Å². The van der Waals surface area contributed by atoms with Crippen LogP contribution in [0.4, 0.5) is 0 Å². The highest BCUT2D eigenvalue weighted by Gasteiger charge is 2.22. The van der Waals surface area contributed by atoms with Crippen LogP contribution >= 0.6 is 0 Å². The van der Waals surface area contributed by atoms with Crippen molar-refractivity contribution in [2.24, 2.45) is 0 Å². The third kappa shape index (κ3) is 3.88. The van der Waals surface area contributed by atoms with Gasteiger partial charge in [0, 0.05) is 0 Å². The summed E-state index contributed by atoms with van der Waals surface area (Å²) in [6.45, 7) is 0. The van der Waals surface area contributed by atoms with Crippen LogP contribution in [-0.2, 0) is 22.4 Å². The molecule has 0 atom stereocenters. The van der Waals surface area contributed by atoms with Gasteiger partial charge in [-0.25, -0.2) is 4.79 Å². The molecule has 2 aromatic rings. The number of carbonyl (C=O) groups excluding carboxylic acids is 1. The molecular formula is C17H16N2O2. The summed E-state index contributed by atoms with van der Waals surface area (Å²) < 4.78 is 4.60. The zero-order valence-corrected chi connectivity index (χ0v) is 11.8. The van der Waals surface area contributed by atoms with Gasteiger partial charge in [-0.3, -0.25) is 0 Å². The highest BCUT2D eigenvalue weighted by atomic mass is 16.5. The minimum absolute atomic E-state index is 0.00184. The zero-order valence-electron chi connectivity index (χ0n) is 11.8. The van der Waals surface area contributed by atoms with E-state index in [-0.39, 0.29) is 12.1 Å². The summed E-state index contributed by atoms with van der Waals surface area (Å²) in [5.41, 5.74) is 12.2. The number of esters is 1. The van der Waals surface area contributed by atoms with E-state index in [0.717, 1.165) is 17.5 Å². The molecule has 4 nitrogen and oxygen atoms in total. The van der Waals surface area contributed by atoms with Gasteiger partial charge in [-0.15, -0.1) is 0 Å². The van der Waals surface area contributed by atoms with E-state index in [4.69, 9.17) is 5.53 Å². The molecule has 0 saturated carbocycles. The number of nitrogens with zero attached hydrogens (tertiary/aromatic N) is 2. The molecule has 0 spiro atoms. The molecule has 0 fully saturated rings. The number of carbonyl (C=O) groups is 1. The molecule has 0 aliphatic rings. The van der Waals surface area contributed by atoms with Crippen LogP contribution in [-0.4, -0.2) is 23.6 Å². The Morgan fingerprint density at radius 2 is 1.67 bits per heavy atom. The fourth-order valence-electron chi connectivity index (χ4n) is 2.16. The van der Waals surface area contributed by atoms with E-state index in [1.165, 1.54) is 12.7 Å². The molecule has 0 heterocycles. The average Bonchev–Trinajstić information content (AvgIpc) is 2.54. The van der Waals surface area contributed by atoms with Crippen LogP contribution in [0.25, 0.3) is 5.53 Å². The second-order valence-corrected chi connectivity index (χ2v) is 4.65. The lowest BCUT2D eigenvalue weighted by Crippen LogP contribution is -2.20. The van der Waals surface area contributed by atoms with Crippen LogP contribution < -0.4 is 0 Å². The van der Waals surface area contributed by atoms with Crippen LogP contribution in [0.5, 0.6) is 0 Å². The van der Waals surface area contributed by atoms with Crippen molar-refractivity contribution < 1.29 is 14.3 Å². The molecule has 0 amide bonds. The lowest BCUT2D eigenvalue weighted by molar-refractivity contribution is -0.137. The van der Waals surface area contributed by atoms with E-state index in [1.807, 2.05) is 42.5 Å². The summed E-state index contributed by atoms with van der Waals surface area (Å²) in [7, 11) is 1.27. The summed E-state index contributed by atoms with van der Waals surface area (Å²) in [5.74, 6) is -0.619. The Hall–Kier alpha value is -2.71. The van der Waals surface area contributed by atoms with E-state index in [9.17, 15) is 4.79 Å². The van der Waals surface area contributed by atoms with Crippen LogP contribution in [0.1, 0.15) is 16.7 Å². The largest absolute Gasteiger partial charge is 0.460 e. The van der Waals surface area contributed by atoms with Crippen molar-refractivity contribution >= 4 is 11.7 Å². The van der Waals surface area contributed by atoms with Gasteiger partial charge >= 0.3 is 11.7 Å². The highest BCUT2D eigenvalue weighted by Crippen LogP contribution is 2.15. The molecule has 0 aliphatic heterocycles. The second kappa shape index (κ2) is 7.17. The van der Waals surface area contributed by atoms with Gasteiger partial charge in [0.2, 0.25) is 0 Å². The quantitative estimate of drug-likeness (QED) is 0.366. The topological polar surface area (TPSA) is 62.7 Å². The van der Waals surface area contributed by atoms with Gasteiger partial charge in [0.1, 0.15) is 0 Å². The Morgan fingerprint density at radius 3 is 2.29 bits per heavy atom. The maximum absolute atomic E-state index is 11.5. The van der Waals surface area contributed by atoms with Gasteiger partial charge in [-0.05, 0) is 23.1 Å². The molecule has 0 bridgehead atoms. The first-order valence-corrected chi connectivity index (χ1v) is 6.64. The normalized spacial score (nSPS) is 9.76. The van der Waals surface area contributed by atoms with Crippen molar-refractivity contribution in [3.8, 4) is 0 Å². The smallest absolute Gasteiger partial charge is 0.416 e. The fraction of sp³-hybridized carbons (Fsp3) is 0.176. The van der Waals surface area contributed by atoms with E-state index >= 15 is 0 Å². The van der Waals surface area contributed by atoms with E-state index in [1.54, 1.807) is 0 Å². The molecule has 106 valence electrons. The summed E-state index contributed by atoms with van der Waals surface area (Å²) in [4.78, 5) is 14.5. The van der Waals surface area contributed by atoms with Crippen molar-refractivity contribution in [1.29, 1.82) is 0 Å². The molecule has 0 N–H and O–H groups in total. The minimum Gasteiger partial charge on any atom is -0.460 e. The third-order valence-corrected chi connectivity index (χ3v) is 3.26. The lowest BCUT2D eigenvalue weighted by atomic mass is 9.96. The van der Waals surface area contributed by atoms with Gasteiger partial charge < -0.3 is 10.3 Å². The van der Waals surface area contributed by atoms with Gasteiger partial charge in [0.25, 0.3) is 0 Å². The summed E-state index contributed by atoms with van der Waals surface area (Å²) >= 11 is 0. The number of ether oxygens (including phenoxy) is 1. The standard InChI is InChI=1S/C17H16N2O2/c1-21-17(20)16(19-18)12-15-10-6-5-9-14(15)11-13-7-3-2-4-8-13/h2-10H,11-12H2,1H3. The summed E-state index contributed by atoms with van der Waals surface area (Å²) in [6.07, 6.45) is 1.00. The Bertz CT molecular complexity index is 674. The van der Waals surface area contributed by atoms with Gasteiger partial charge in [0.05, 0.1) is 13.5 Å².